The maximum Gasteiger partial charge on any atom is 0.336 e. The Kier molecular flexibility index (Phi) is 3.97. The summed E-state index contributed by atoms with van der Waals surface area (Å²) in [6, 6.07) is 11.7. The van der Waals surface area contributed by atoms with Crippen LogP contribution in [0.4, 0.5) is 0 Å². The minimum Gasteiger partial charge on any atom is -0.478 e. The second-order valence-corrected chi connectivity index (χ2v) is 7.69. The molecule has 0 saturated carbocycles. The topological polar surface area (TPSA) is 149 Å². The van der Waals surface area contributed by atoms with Crippen LogP contribution in [0.2, 0.25) is 0 Å². The summed E-state index contributed by atoms with van der Waals surface area (Å²) in [5, 5.41) is 39.4. The highest BCUT2D eigenvalue weighted by Crippen LogP contribution is 2.59. The molecule has 8 heteroatoms. The molecule has 3 aliphatic rings. The summed E-state index contributed by atoms with van der Waals surface area (Å²) < 4.78 is 0. The standard InChI is InChI=1S/C24H14O8/c25-21(26)11-5-7-13(23(29)30)19-16-10-4-2-1-3-9(10)15(17(11)19)18-12(22(27)28)6-8-14(20(16)18)24(31)32/h1-8,15-16H,(H,25,26)(H,27,28)(H,29,30)(H,31,32). The van der Waals surface area contributed by atoms with Crippen molar-refractivity contribution in [3.05, 3.63) is 104 Å². The van der Waals surface area contributed by atoms with Crippen LogP contribution in [0.5, 0.6) is 0 Å². The molecule has 0 spiro atoms. The lowest BCUT2D eigenvalue weighted by atomic mass is 9.57. The quantitative estimate of drug-likeness (QED) is 0.339. The summed E-state index contributed by atoms with van der Waals surface area (Å²) in [6.45, 7) is 0. The van der Waals surface area contributed by atoms with E-state index in [0.717, 1.165) is 0 Å². The fourth-order valence-electron chi connectivity index (χ4n) is 5.21. The molecule has 3 aromatic carbocycles. The van der Waals surface area contributed by atoms with E-state index in [1.807, 2.05) is 0 Å². The van der Waals surface area contributed by atoms with Crippen LogP contribution in [-0.4, -0.2) is 44.3 Å². The fourth-order valence-corrected chi connectivity index (χ4v) is 5.21. The van der Waals surface area contributed by atoms with Crippen molar-refractivity contribution in [3.63, 3.8) is 0 Å². The zero-order valence-corrected chi connectivity index (χ0v) is 16.2. The van der Waals surface area contributed by atoms with Crippen molar-refractivity contribution in [1.82, 2.24) is 0 Å². The Morgan fingerprint density at radius 3 is 0.938 bits per heavy atom. The molecule has 0 aromatic heterocycles. The number of carboxylic acids is 4. The maximum absolute atomic E-state index is 12.1. The van der Waals surface area contributed by atoms with Crippen LogP contribution in [0.3, 0.4) is 0 Å². The van der Waals surface area contributed by atoms with Crippen molar-refractivity contribution < 1.29 is 39.6 Å². The van der Waals surface area contributed by atoms with Gasteiger partial charge in [0.2, 0.25) is 0 Å². The first-order valence-electron chi connectivity index (χ1n) is 9.59. The van der Waals surface area contributed by atoms with E-state index in [9.17, 15) is 39.6 Å². The zero-order chi connectivity index (χ0) is 22.9. The third-order valence-electron chi connectivity index (χ3n) is 6.27. The molecular weight excluding hydrogens is 416 g/mol. The zero-order valence-electron chi connectivity index (χ0n) is 16.2. The third kappa shape index (κ3) is 2.37. The number of hydrogen-bond acceptors (Lipinski definition) is 4. The largest absolute Gasteiger partial charge is 0.478 e. The molecule has 0 fully saturated rings. The second kappa shape index (κ2) is 6.52. The van der Waals surface area contributed by atoms with Crippen molar-refractivity contribution >= 4 is 23.9 Å². The van der Waals surface area contributed by atoms with E-state index in [1.165, 1.54) is 24.3 Å². The van der Waals surface area contributed by atoms with Gasteiger partial charge in [0, 0.05) is 11.8 Å². The van der Waals surface area contributed by atoms with Gasteiger partial charge in [0.05, 0.1) is 22.3 Å². The summed E-state index contributed by atoms with van der Waals surface area (Å²) in [6.07, 6.45) is 0. The average molecular weight is 430 g/mol. The number of carbonyl (C=O) groups is 4. The van der Waals surface area contributed by atoms with Crippen molar-refractivity contribution in [2.24, 2.45) is 0 Å². The van der Waals surface area contributed by atoms with Crippen LogP contribution in [0.1, 0.15) is 86.6 Å². The van der Waals surface area contributed by atoms with Crippen molar-refractivity contribution in [1.29, 1.82) is 0 Å². The number of hydrogen-bond donors (Lipinski definition) is 4. The summed E-state index contributed by atoms with van der Waals surface area (Å²) in [5.41, 5.74) is 1.47. The van der Waals surface area contributed by atoms with Gasteiger partial charge in [0.25, 0.3) is 0 Å². The van der Waals surface area contributed by atoms with Gasteiger partial charge in [0.15, 0.2) is 0 Å². The van der Waals surface area contributed by atoms with Gasteiger partial charge in [0.1, 0.15) is 0 Å². The van der Waals surface area contributed by atoms with Crippen LogP contribution in [0, 0.1) is 0 Å². The summed E-state index contributed by atoms with van der Waals surface area (Å²) >= 11 is 0. The SMILES string of the molecule is O=C(O)c1ccc(C(=O)O)c2c1C1c3ccccc3C2c2c(C(=O)O)ccc(C(=O)O)c21. The molecule has 158 valence electrons. The number of benzene rings is 3. The Hall–Kier alpha value is -4.46. The van der Waals surface area contributed by atoms with Crippen LogP contribution in [0.25, 0.3) is 0 Å². The Bertz CT molecular complexity index is 1210. The third-order valence-corrected chi connectivity index (χ3v) is 6.27. The fraction of sp³-hybridized carbons (Fsp3) is 0.0833. The van der Waals surface area contributed by atoms with Crippen LogP contribution >= 0.6 is 0 Å². The Labute approximate surface area is 180 Å². The highest BCUT2D eigenvalue weighted by Gasteiger charge is 2.48. The van der Waals surface area contributed by atoms with E-state index in [2.05, 4.69) is 0 Å². The molecule has 0 unspecified atom stereocenters. The molecular formula is C24H14O8. The van der Waals surface area contributed by atoms with Crippen molar-refractivity contribution in [3.8, 4) is 0 Å². The summed E-state index contributed by atoms with van der Waals surface area (Å²) in [5.74, 6) is -6.99. The van der Waals surface area contributed by atoms with Gasteiger partial charge in [-0.25, -0.2) is 19.2 Å². The molecule has 0 heterocycles. The van der Waals surface area contributed by atoms with Crippen molar-refractivity contribution in [2.45, 2.75) is 11.8 Å². The maximum atomic E-state index is 12.1. The normalized spacial score (nSPS) is 17.1. The lowest BCUT2D eigenvalue weighted by Gasteiger charge is -2.44. The average Bonchev–Trinajstić information content (AvgIpc) is 2.76. The Balaban J connectivity index is 2.03. The minimum atomic E-state index is -1.28. The highest BCUT2D eigenvalue weighted by molar-refractivity contribution is 6.02. The first-order chi connectivity index (χ1) is 15.2. The molecule has 8 nitrogen and oxygen atoms in total. The first-order valence-corrected chi connectivity index (χ1v) is 9.59. The van der Waals surface area contributed by atoms with E-state index in [4.69, 9.17) is 0 Å². The molecule has 0 aliphatic heterocycles. The van der Waals surface area contributed by atoms with Crippen LogP contribution in [-0.2, 0) is 0 Å². The van der Waals surface area contributed by atoms with E-state index < -0.39 is 35.7 Å². The van der Waals surface area contributed by atoms with Gasteiger partial charge in [-0.2, -0.15) is 0 Å². The Morgan fingerprint density at radius 1 is 0.469 bits per heavy atom. The molecule has 3 aromatic rings. The van der Waals surface area contributed by atoms with E-state index in [-0.39, 0.29) is 44.5 Å². The van der Waals surface area contributed by atoms with Gasteiger partial charge in [-0.3, -0.25) is 0 Å². The summed E-state index contributed by atoms with van der Waals surface area (Å²) in [7, 11) is 0. The second-order valence-electron chi connectivity index (χ2n) is 7.69. The predicted molar refractivity (Wildman–Crippen MR) is 109 cm³/mol. The van der Waals surface area contributed by atoms with E-state index in [1.54, 1.807) is 24.3 Å². The Morgan fingerprint density at radius 2 is 0.719 bits per heavy atom. The first kappa shape index (κ1) is 19.5. The molecule has 2 bridgehead atoms. The lowest BCUT2D eigenvalue weighted by Crippen LogP contribution is -2.34. The molecule has 6 rings (SSSR count). The molecule has 32 heavy (non-hydrogen) atoms. The van der Waals surface area contributed by atoms with E-state index >= 15 is 0 Å². The van der Waals surface area contributed by atoms with Gasteiger partial charge in [-0.05, 0) is 57.6 Å². The highest BCUT2D eigenvalue weighted by atomic mass is 16.4. The number of rotatable bonds is 4. The molecule has 4 N–H and O–H groups in total. The summed E-state index contributed by atoms with van der Waals surface area (Å²) in [4.78, 5) is 48.4. The van der Waals surface area contributed by atoms with Crippen LogP contribution in [0.15, 0.2) is 48.5 Å². The monoisotopic (exact) mass is 430 g/mol. The van der Waals surface area contributed by atoms with Gasteiger partial charge >= 0.3 is 23.9 Å². The molecule has 0 radical (unpaired) electrons. The van der Waals surface area contributed by atoms with Gasteiger partial charge in [-0.15, -0.1) is 0 Å². The predicted octanol–water partition coefficient (Wildman–Crippen LogP) is 3.47. The van der Waals surface area contributed by atoms with Crippen molar-refractivity contribution in [2.75, 3.05) is 0 Å². The van der Waals surface area contributed by atoms with E-state index in [0.29, 0.717) is 11.1 Å². The van der Waals surface area contributed by atoms with Gasteiger partial charge in [-0.1, -0.05) is 24.3 Å². The number of aromatic carboxylic acids is 4. The number of carboxylic acid groups (broad SMARTS) is 4. The smallest absolute Gasteiger partial charge is 0.336 e. The molecule has 0 saturated heterocycles. The molecule has 3 aliphatic carbocycles. The van der Waals surface area contributed by atoms with Crippen LogP contribution < -0.4 is 0 Å². The molecule has 0 amide bonds. The van der Waals surface area contributed by atoms with Gasteiger partial charge < -0.3 is 20.4 Å². The lowest BCUT2D eigenvalue weighted by molar-refractivity contribution is 0.0674. The minimum absolute atomic E-state index is 0.141. The molecule has 0 atom stereocenters.